The summed E-state index contributed by atoms with van der Waals surface area (Å²) in [6.07, 6.45) is 2.98. The van der Waals surface area contributed by atoms with E-state index in [0.29, 0.717) is 6.54 Å². The third kappa shape index (κ3) is 3.51. The van der Waals surface area contributed by atoms with Crippen LogP contribution in [0.25, 0.3) is 0 Å². The zero-order valence-electron chi connectivity index (χ0n) is 10.6. The summed E-state index contributed by atoms with van der Waals surface area (Å²) in [5.74, 6) is -0.0336. The molecule has 0 unspecified atom stereocenters. The van der Waals surface area contributed by atoms with Gasteiger partial charge in [0.2, 0.25) is 5.91 Å². The van der Waals surface area contributed by atoms with Gasteiger partial charge in [-0.15, -0.1) is 0 Å². The van der Waals surface area contributed by atoms with Gasteiger partial charge >= 0.3 is 0 Å². The number of nitrogens with one attached hydrogen (secondary N) is 1. The summed E-state index contributed by atoms with van der Waals surface area (Å²) in [4.78, 5) is 18.0. The fourth-order valence-corrected chi connectivity index (χ4v) is 1.85. The molecule has 1 aromatic rings. The van der Waals surface area contributed by atoms with Gasteiger partial charge in [-0.1, -0.05) is 0 Å². The van der Waals surface area contributed by atoms with Crippen molar-refractivity contribution in [2.45, 2.75) is 13.0 Å². The highest BCUT2D eigenvalue weighted by Gasteiger charge is 2.15. The number of hydrogen-bond acceptors (Lipinski definition) is 5. The molecule has 7 heteroatoms. The van der Waals surface area contributed by atoms with Crippen molar-refractivity contribution >= 4 is 5.91 Å². The van der Waals surface area contributed by atoms with Crippen LogP contribution in [0.4, 0.5) is 0 Å². The lowest BCUT2D eigenvalue weighted by Gasteiger charge is -2.26. The van der Waals surface area contributed by atoms with Gasteiger partial charge in [0.25, 0.3) is 0 Å². The van der Waals surface area contributed by atoms with Gasteiger partial charge in [0, 0.05) is 26.2 Å². The Kier molecular flexibility index (Phi) is 4.66. The quantitative estimate of drug-likeness (QED) is 0.750. The molecule has 1 fully saturated rings. The van der Waals surface area contributed by atoms with Gasteiger partial charge in [-0.2, -0.15) is 5.10 Å². The van der Waals surface area contributed by atoms with Gasteiger partial charge in [0.05, 0.1) is 13.2 Å². The SMILES string of the molecule is C[C@@H](C(=O)NCCN1CCOCC1)n1cncn1. The van der Waals surface area contributed by atoms with Crippen LogP contribution < -0.4 is 5.32 Å². The van der Waals surface area contributed by atoms with E-state index in [4.69, 9.17) is 4.74 Å². The second-order valence-corrected chi connectivity index (χ2v) is 4.30. The Balaban J connectivity index is 1.68. The molecule has 1 saturated heterocycles. The molecule has 0 spiro atoms. The lowest BCUT2D eigenvalue weighted by molar-refractivity contribution is -0.124. The molecule has 1 aromatic heterocycles. The largest absolute Gasteiger partial charge is 0.379 e. The number of rotatable bonds is 5. The fourth-order valence-electron chi connectivity index (χ4n) is 1.85. The number of amides is 1. The fraction of sp³-hybridized carbons (Fsp3) is 0.727. The lowest BCUT2D eigenvalue weighted by atomic mass is 10.3. The number of nitrogens with zero attached hydrogens (tertiary/aromatic N) is 4. The first kappa shape index (κ1) is 13.0. The van der Waals surface area contributed by atoms with E-state index < -0.39 is 0 Å². The summed E-state index contributed by atoms with van der Waals surface area (Å²) in [5, 5.41) is 6.86. The van der Waals surface area contributed by atoms with E-state index in [1.54, 1.807) is 17.9 Å². The highest BCUT2D eigenvalue weighted by Crippen LogP contribution is 2.01. The number of hydrogen-bond donors (Lipinski definition) is 1. The number of carbonyl (C=O) groups is 1. The first-order valence-electron chi connectivity index (χ1n) is 6.19. The molecule has 1 atom stereocenters. The van der Waals surface area contributed by atoms with Crippen molar-refractivity contribution in [1.29, 1.82) is 0 Å². The van der Waals surface area contributed by atoms with Crippen LogP contribution in [0.2, 0.25) is 0 Å². The molecule has 7 nitrogen and oxygen atoms in total. The van der Waals surface area contributed by atoms with Gasteiger partial charge < -0.3 is 10.1 Å². The molecular formula is C11H19N5O2. The third-order valence-electron chi connectivity index (χ3n) is 3.04. The topological polar surface area (TPSA) is 72.3 Å². The van der Waals surface area contributed by atoms with Crippen molar-refractivity contribution in [2.75, 3.05) is 39.4 Å². The van der Waals surface area contributed by atoms with Crippen molar-refractivity contribution < 1.29 is 9.53 Å². The zero-order valence-corrected chi connectivity index (χ0v) is 10.6. The van der Waals surface area contributed by atoms with Gasteiger partial charge in [-0.05, 0) is 6.92 Å². The van der Waals surface area contributed by atoms with E-state index >= 15 is 0 Å². The Labute approximate surface area is 106 Å². The zero-order chi connectivity index (χ0) is 12.8. The van der Waals surface area contributed by atoms with E-state index in [2.05, 4.69) is 20.3 Å². The third-order valence-corrected chi connectivity index (χ3v) is 3.04. The Morgan fingerprint density at radius 3 is 2.94 bits per heavy atom. The molecule has 1 aliphatic heterocycles. The molecular weight excluding hydrogens is 234 g/mol. The van der Waals surface area contributed by atoms with Gasteiger partial charge in [0.15, 0.2) is 0 Å². The molecule has 0 aromatic carbocycles. The normalized spacial score (nSPS) is 18.5. The Morgan fingerprint density at radius 1 is 1.50 bits per heavy atom. The summed E-state index contributed by atoms with van der Waals surface area (Å²) in [6.45, 7) is 6.76. The maximum absolute atomic E-state index is 11.8. The predicted octanol–water partition coefficient (Wildman–Crippen LogP) is -0.712. The molecule has 1 amide bonds. The van der Waals surface area contributed by atoms with E-state index in [1.165, 1.54) is 6.33 Å². The van der Waals surface area contributed by atoms with Crippen LogP contribution in [0.3, 0.4) is 0 Å². The molecule has 2 rings (SSSR count). The molecule has 1 N–H and O–H groups in total. The minimum atomic E-state index is -0.322. The summed E-state index contributed by atoms with van der Waals surface area (Å²) in [7, 11) is 0. The molecule has 0 aliphatic carbocycles. The number of aromatic nitrogens is 3. The number of ether oxygens (including phenoxy) is 1. The van der Waals surface area contributed by atoms with E-state index in [9.17, 15) is 4.79 Å². The predicted molar refractivity (Wildman–Crippen MR) is 65.0 cm³/mol. The molecule has 18 heavy (non-hydrogen) atoms. The standard InChI is InChI=1S/C11H19N5O2/c1-10(16-9-12-8-14-16)11(17)13-2-3-15-4-6-18-7-5-15/h8-10H,2-7H2,1H3,(H,13,17)/t10-/m0/s1. The van der Waals surface area contributed by atoms with Crippen molar-refractivity contribution in [3.05, 3.63) is 12.7 Å². The second-order valence-electron chi connectivity index (χ2n) is 4.30. The minimum Gasteiger partial charge on any atom is -0.379 e. The highest BCUT2D eigenvalue weighted by atomic mass is 16.5. The molecule has 0 bridgehead atoms. The average Bonchev–Trinajstić information content (AvgIpc) is 2.93. The molecule has 0 saturated carbocycles. The smallest absolute Gasteiger partial charge is 0.244 e. The maximum Gasteiger partial charge on any atom is 0.244 e. The summed E-state index contributed by atoms with van der Waals surface area (Å²) in [6, 6.07) is -0.322. The summed E-state index contributed by atoms with van der Waals surface area (Å²) in [5.41, 5.74) is 0. The molecule has 2 heterocycles. The van der Waals surface area contributed by atoms with E-state index in [-0.39, 0.29) is 11.9 Å². The molecule has 1 aliphatic rings. The number of morpholine rings is 1. The van der Waals surface area contributed by atoms with Crippen molar-refractivity contribution in [2.24, 2.45) is 0 Å². The molecule has 0 radical (unpaired) electrons. The summed E-state index contributed by atoms with van der Waals surface area (Å²) < 4.78 is 6.81. The van der Waals surface area contributed by atoms with Crippen LogP contribution in [0, 0.1) is 0 Å². The Morgan fingerprint density at radius 2 is 2.28 bits per heavy atom. The average molecular weight is 253 g/mol. The number of carbonyl (C=O) groups excluding carboxylic acids is 1. The lowest BCUT2D eigenvalue weighted by Crippen LogP contribution is -2.42. The maximum atomic E-state index is 11.8. The Bertz CT molecular complexity index is 362. The van der Waals surface area contributed by atoms with Crippen LogP contribution in [-0.4, -0.2) is 65.0 Å². The van der Waals surface area contributed by atoms with Crippen molar-refractivity contribution in [3.8, 4) is 0 Å². The van der Waals surface area contributed by atoms with Crippen LogP contribution in [0.15, 0.2) is 12.7 Å². The van der Waals surface area contributed by atoms with Gasteiger partial charge in [-0.3, -0.25) is 9.69 Å². The van der Waals surface area contributed by atoms with Crippen LogP contribution in [0.5, 0.6) is 0 Å². The van der Waals surface area contributed by atoms with Crippen molar-refractivity contribution in [3.63, 3.8) is 0 Å². The van der Waals surface area contributed by atoms with E-state index in [0.717, 1.165) is 32.8 Å². The molecule has 100 valence electrons. The van der Waals surface area contributed by atoms with Crippen LogP contribution in [-0.2, 0) is 9.53 Å². The second kappa shape index (κ2) is 6.46. The highest BCUT2D eigenvalue weighted by molar-refractivity contribution is 5.79. The monoisotopic (exact) mass is 253 g/mol. The summed E-state index contributed by atoms with van der Waals surface area (Å²) >= 11 is 0. The van der Waals surface area contributed by atoms with Crippen molar-refractivity contribution in [1.82, 2.24) is 25.0 Å². The first-order valence-corrected chi connectivity index (χ1v) is 6.19. The van der Waals surface area contributed by atoms with Crippen LogP contribution >= 0.6 is 0 Å². The van der Waals surface area contributed by atoms with Gasteiger partial charge in [-0.25, -0.2) is 9.67 Å². The minimum absolute atomic E-state index is 0.0336. The Hall–Kier alpha value is -1.47. The van der Waals surface area contributed by atoms with Crippen LogP contribution in [0.1, 0.15) is 13.0 Å². The van der Waals surface area contributed by atoms with Gasteiger partial charge in [0.1, 0.15) is 18.7 Å². The first-order chi connectivity index (χ1) is 8.77. The van der Waals surface area contributed by atoms with E-state index in [1.807, 2.05) is 0 Å².